The van der Waals surface area contributed by atoms with Crippen molar-refractivity contribution in [3.05, 3.63) is 65.7 Å². The second-order valence-corrected chi connectivity index (χ2v) is 9.01. The topological polar surface area (TPSA) is 91.0 Å². The van der Waals surface area contributed by atoms with Crippen molar-refractivity contribution in [3.8, 4) is 0 Å². The summed E-state index contributed by atoms with van der Waals surface area (Å²) in [6.07, 6.45) is 1.09. The number of nitrogens with two attached hydrogens (primary N) is 1. The van der Waals surface area contributed by atoms with Gasteiger partial charge in [0.05, 0.1) is 4.90 Å². The molecule has 1 atom stereocenters. The Labute approximate surface area is 202 Å². The third-order valence-corrected chi connectivity index (χ3v) is 6.47. The molecule has 0 radical (unpaired) electrons. The molecule has 170 valence electrons. The summed E-state index contributed by atoms with van der Waals surface area (Å²) in [4.78, 5) is 9.37. The predicted octanol–water partition coefficient (Wildman–Crippen LogP) is 2.80. The molecule has 0 spiro atoms. The second kappa shape index (κ2) is 11.8. The van der Waals surface area contributed by atoms with E-state index in [2.05, 4.69) is 57.4 Å². The van der Waals surface area contributed by atoms with Crippen LogP contribution in [0.3, 0.4) is 0 Å². The van der Waals surface area contributed by atoms with Gasteiger partial charge in [0.25, 0.3) is 0 Å². The van der Waals surface area contributed by atoms with Crippen LogP contribution in [0.15, 0.2) is 64.5 Å². The number of benzene rings is 2. The van der Waals surface area contributed by atoms with Crippen molar-refractivity contribution in [2.45, 2.75) is 30.8 Å². The summed E-state index contributed by atoms with van der Waals surface area (Å²) in [6.45, 7) is 6.60. The number of nitrogens with one attached hydrogen (secondary N) is 1. The SMILES string of the molecule is CCC(c1ccccc1)N1CCN(C(=NC)NCc2ccc(S(N)(=O)=O)cc2)CC1.I. The summed E-state index contributed by atoms with van der Waals surface area (Å²) in [5.74, 6) is 0.859. The van der Waals surface area contributed by atoms with Crippen LogP contribution in [-0.2, 0) is 16.6 Å². The third-order valence-electron chi connectivity index (χ3n) is 5.54. The van der Waals surface area contributed by atoms with Gasteiger partial charge in [0.15, 0.2) is 5.96 Å². The number of sulfonamides is 1. The number of guanidine groups is 1. The van der Waals surface area contributed by atoms with Crippen molar-refractivity contribution in [1.82, 2.24) is 15.1 Å². The van der Waals surface area contributed by atoms with Crippen LogP contribution in [0.1, 0.15) is 30.5 Å². The molecule has 1 heterocycles. The van der Waals surface area contributed by atoms with Crippen molar-refractivity contribution in [2.75, 3.05) is 33.2 Å². The molecule has 7 nitrogen and oxygen atoms in total. The monoisotopic (exact) mass is 557 g/mol. The summed E-state index contributed by atoms with van der Waals surface area (Å²) >= 11 is 0. The molecule has 1 aliphatic heterocycles. The predicted molar refractivity (Wildman–Crippen MR) is 136 cm³/mol. The van der Waals surface area contributed by atoms with Crippen LogP contribution >= 0.6 is 24.0 Å². The molecule has 31 heavy (non-hydrogen) atoms. The fraction of sp³-hybridized carbons (Fsp3) is 0.409. The number of rotatable bonds is 6. The third kappa shape index (κ3) is 6.90. The van der Waals surface area contributed by atoms with Gasteiger partial charge >= 0.3 is 0 Å². The van der Waals surface area contributed by atoms with Gasteiger partial charge in [-0.25, -0.2) is 13.6 Å². The Morgan fingerprint density at radius 1 is 1.06 bits per heavy atom. The summed E-state index contributed by atoms with van der Waals surface area (Å²) < 4.78 is 22.8. The molecule has 1 aliphatic rings. The Bertz CT molecular complexity index is 944. The summed E-state index contributed by atoms with van der Waals surface area (Å²) in [5, 5.41) is 8.53. The maximum atomic E-state index is 11.4. The molecule has 0 aromatic heterocycles. The van der Waals surface area contributed by atoms with Crippen molar-refractivity contribution >= 4 is 40.0 Å². The summed E-state index contributed by atoms with van der Waals surface area (Å²) in [6, 6.07) is 17.7. The molecule has 2 aromatic rings. The zero-order chi connectivity index (χ0) is 21.6. The van der Waals surface area contributed by atoms with E-state index in [0.717, 1.165) is 44.1 Å². The highest BCUT2D eigenvalue weighted by atomic mass is 127. The van der Waals surface area contributed by atoms with Crippen LogP contribution in [0.4, 0.5) is 0 Å². The number of aliphatic imine (C=N–C) groups is 1. The largest absolute Gasteiger partial charge is 0.352 e. The molecule has 2 aromatic carbocycles. The lowest BCUT2D eigenvalue weighted by Crippen LogP contribution is -2.52. The molecular formula is C22H32IN5O2S. The van der Waals surface area contributed by atoms with Crippen LogP contribution in [-0.4, -0.2) is 57.4 Å². The van der Waals surface area contributed by atoms with Crippen LogP contribution in [0, 0.1) is 0 Å². The van der Waals surface area contributed by atoms with Crippen molar-refractivity contribution in [1.29, 1.82) is 0 Å². The van der Waals surface area contributed by atoms with Crippen molar-refractivity contribution in [3.63, 3.8) is 0 Å². The standard InChI is InChI=1S/C22H31N5O2S.HI/c1-3-21(19-7-5-4-6-8-19)26-13-15-27(16-14-26)22(24-2)25-17-18-9-11-20(12-10-18)30(23,28)29;/h4-12,21H,3,13-17H2,1-2H3,(H,24,25)(H2,23,28,29);1H. The molecule has 0 amide bonds. The molecule has 0 bridgehead atoms. The Morgan fingerprint density at radius 2 is 1.68 bits per heavy atom. The maximum Gasteiger partial charge on any atom is 0.238 e. The van der Waals surface area contributed by atoms with Gasteiger partial charge in [-0.1, -0.05) is 49.4 Å². The van der Waals surface area contributed by atoms with Gasteiger partial charge < -0.3 is 10.2 Å². The Kier molecular flexibility index (Phi) is 9.73. The normalized spacial score (nSPS) is 16.5. The Morgan fingerprint density at radius 3 is 2.19 bits per heavy atom. The number of hydrogen-bond acceptors (Lipinski definition) is 4. The number of hydrogen-bond donors (Lipinski definition) is 2. The zero-order valence-electron chi connectivity index (χ0n) is 18.1. The molecule has 3 rings (SSSR count). The number of halogens is 1. The first-order valence-electron chi connectivity index (χ1n) is 10.3. The molecular weight excluding hydrogens is 525 g/mol. The van der Waals surface area contributed by atoms with Gasteiger partial charge in [-0.3, -0.25) is 9.89 Å². The fourth-order valence-electron chi connectivity index (χ4n) is 3.94. The first kappa shape index (κ1) is 25.6. The smallest absolute Gasteiger partial charge is 0.238 e. The van der Waals surface area contributed by atoms with E-state index >= 15 is 0 Å². The highest BCUT2D eigenvalue weighted by Gasteiger charge is 2.25. The zero-order valence-corrected chi connectivity index (χ0v) is 21.2. The maximum absolute atomic E-state index is 11.4. The van der Waals surface area contributed by atoms with Crippen LogP contribution in [0.5, 0.6) is 0 Å². The average Bonchev–Trinajstić information content (AvgIpc) is 2.76. The number of piperazine rings is 1. The van der Waals surface area contributed by atoms with Crippen LogP contribution < -0.4 is 10.5 Å². The minimum Gasteiger partial charge on any atom is -0.352 e. The van der Waals surface area contributed by atoms with E-state index in [1.165, 1.54) is 17.7 Å². The quantitative estimate of drug-likeness (QED) is 0.324. The summed E-state index contributed by atoms with van der Waals surface area (Å²) in [7, 11) is -1.88. The minimum absolute atomic E-state index is 0. The molecule has 1 unspecified atom stereocenters. The molecule has 1 saturated heterocycles. The molecule has 0 aliphatic carbocycles. The van der Waals surface area contributed by atoms with Gasteiger partial charge in [0, 0.05) is 45.8 Å². The molecule has 0 saturated carbocycles. The number of primary sulfonamides is 1. The van der Waals surface area contributed by atoms with Gasteiger partial charge in [0.2, 0.25) is 10.0 Å². The van der Waals surface area contributed by atoms with E-state index in [1.807, 2.05) is 0 Å². The van der Waals surface area contributed by atoms with E-state index in [1.54, 1.807) is 19.2 Å². The minimum atomic E-state index is -3.66. The van der Waals surface area contributed by atoms with Crippen molar-refractivity contribution < 1.29 is 8.42 Å². The van der Waals surface area contributed by atoms with E-state index in [4.69, 9.17) is 5.14 Å². The van der Waals surface area contributed by atoms with Gasteiger partial charge in [-0.2, -0.15) is 0 Å². The van der Waals surface area contributed by atoms with Gasteiger partial charge in [-0.05, 0) is 29.7 Å². The lowest BCUT2D eigenvalue weighted by atomic mass is 10.0. The average molecular weight is 558 g/mol. The Balaban J connectivity index is 0.00000341. The van der Waals surface area contributed by atoms with Crippen LogP contribution in [0.25, 0.3) is 0 Å². The Hall–Kier alpha value is -1.69. The fourth-order valence-corrected chi connectivity index (χ4v) is 4.45. The molecule has 3 N–H and O–H groups in total. The second-order valence-electron chi connectivity index (χ2n) is 7.45. The van der Waals surface area contributed by atoms with Crippen molar-refractivity contribution in [2.24, 2.45) is 10.1 Å². The summed E-state index contributed by atoms with van der Waals surface area (Å²) in [5.41, 5.74) is 2.34. The van der Waals surface area contributed by atoms with Gasteiger partial charge in [-0.15, -0.1) is 24.0 Å². The van der Waals surface area contributed by atoms with E-state index < -0.39 is 10.0 Å². The first-order valence-corrected chi connectivity index (χ1v) is 11.8. The highest BCUT2D eigenvalue weighted by molar-refractivity contribution is 14.0. The first-order chi connectivity index (χ1) is 14.4. The van der Waals surface area contributed by atoms with Crippen LogP contribution in [0.2, 0.25) is 0 Å². The lowest BCUT2D eigenvalue weighted by molar-refractivity contribution is 0.127. The van der Waals surface area contributed by atoms with E-state index in [9.17, 15) is 8.42 Å². The molecule has 9 heteroatoms. The van der Waals surface area contributed by atoms with E-state index in [0.29, 0.717) is 12.6 Å². The van der Waals surface area contributed by atoms with Gasteiger partial charge in [0.1, 0.15) is 0 Å². The highest BCUT2D eigenvalue weighted by Crippen LogP contribution is 2.25. The molecule has 1 fully saturated rings. The lowest BCUT2D eigenvalue weighted by Gasteiger charge is -2.40. The van der Waals surface area contributed by atoms with E-state index in [-0.39, 0.29) is 28.9 Å². The number of nitrogens with zero attached hydrogens (tertiary/aromatic N) is 3.